The van der Waals surface area contributed by atoms with E-state index in [1.54, 1.807) is 12.4 Å². The first kappa shape index (κ1) is 11.6. The first-order valence-electron chi connectivity index (χ1n) is 4.49. The molecule has 0 saturated carbocycles. The van der Waals surface area contributed by atoms with Crippen LogP contribution in [0.25, 0.3) is 0 Å². The molecule has 0 spiro atoms. The second-order valence-corrected chi connectivity index (χ2v) is 3.70. The first-order chi connectivity index (χ1) is 7.15. The molecular weight excluding hydrogens is 216 g/mol. The number of rotatable bonds is 3. The topological polar surface area (TPSA) is 68.3 Å². The van der Waals surface area contributed by atoms with Gasteiger partial charge in [-0.2, -0.15) is 0 Å². The average molecular weight is 228 g/mol. The Morgan fingerprint density at radius 3 is 2.87 bits per heavy atom. The van der Waals surface area contributed by atoms with Crippen LogP contribution in [0.4, 0.5) is 0 Å². The van der Waals surface area contributed by atoms with E-state index in [0.29, 0.717) is 6.54 Å². The molecule has 82 valence electrons. The van der Waals surface area contributed by atoms with Crippen LogP contribution in [-0.4, -0.2) is 23.5 Å². The summed E-state index contributed by atoms with van der Waals surface area (Å²) in [6, 6.07) is 0. The molecule has 0 atom stereocenters. The summed E-state index contributed by atoms with van der Waals surface area (Å²) >= 11 is 1.44. The van der Waals surface area contributed by atoms with Crippen molar-refractivity contribution in [2.45, 2.75) is 20.4 Å². The average Bonchev–Trinajstić information content (AvgIpc) is 2.61. The van der Waals surface area contributed by atoms with Crippen LogP contribution in [0.1, 0.15) is 17.5 Å². The smallest absolute Gasteiger partial charge is 0.396 e. The standard InChI is InChI=1S/C9H12N2O3S/c1-3-14-9(13)8(12)10-4-7-6(2)11-5-15-7/h5H,3-4H2,1-2H3,(H,10,12). The molecule has 0 unspecified atom stereocenters. The van der Waals surface area contributed by atoms with Gasteiger partial charge in [-0.3, -0.25) is 4.79 Å². The molecule has 0 bridgehead atoms. The SMILES string of the molecule is CCOC(=O)C(=O)NCc1scnc1C. The van der Waals surface area contributed by atoms with E-state index in [0.717, 1.165) is 10.6 Å². The number of amides is 1. The molecular formula is C9H12N2O3S. The maximum atomic E-state index is 11.1. The highest BCUT2D eigenvalue weighted by Crippen LogP contribution is 2.10. The second kappa shape index (κ2) is 5.45. The van der Waals surface area contributed by atoms with Gasteiger partial charge in [-0.25, -0.2) is 9.78 Å². The van der Waals surface area contributed by atoms with Gasteiger partial charge in [-0.05, 0) is 13.8 Å². The van der Waals surface area contributed by atoms with E-state index >= 15 is 0 Å². The Bertz CT molecular complexity index is 362. The highest BCUT2D eigenvalue weighted by Gasteiger charge is 2.14. The molecule has 15 heavy (non-hydrogen) atoms. The maximum absolute atomic E-state index is 11.1. The summed E-state index contributed by atoms with van der Waals surface area (Å²) < 4.78 is 4.54. The number of carbonyl (C=O) groups is 2. The normalized spacial score (nSPS) is 9.73. The fourth-order valence-electron chi connectivity index (χ4n) is 0.925. The minimum absolute atomic E-state index is 0.200. The van der Waals surface area contributed by atoms with Crippen LogP contribution < -0.4 is 5.32 Å². The molecule has 0 fully saturated rings. The van der Waals surface area contributed by atoms with Crippen molar-refractivity contribution < 1.29 is 14.3 Å². The lowest BCUT2D eigenvalue weighted by Gasteiger charge is -2.03. The van der Waals surface area contributed by atoms with Gasteiger partial charge < -0.3 is 10.1 Å². The molecule has 5 nitrogen and oxygen atoms in total. The Kier molecular flexibility index (Phi) is 4.23. The van der Waals surface area contributed by atoms with Gasteiger partial charge in [0.25, 0.3) is 0 Å². The molecule has 1 aromatic heterocycles. The summed E-state index contributed by atoms with van der Waals surface area (Å²) in [5.41, 5.74) is 2.56. The van der Waals surface area contributed by atoms with E-state index in [2.05, 4.69) is 15.0 Å². The van der Waals surface area contributed by atoms with E-state index in [4.69, 9.17) is 0 Å². The zero-order valence-corrected chi connectivity index (χ0v) is 9.39. The molecule has 0 aliphatic carbocycles. The Balaban J connectivity index is 2.41. The molecule has 6 heteroatoms. The van der Waals surface area contributed by atoms with Crippen molar-refractivity contribution in [2.24, 2.45) is 0 Å². The van der Waals surface area contributed by atoms with Crippen LogP contribution >= 0.6 is 11.3 Å². The fourth-order valence-corrected chi connectivity index (χ4v) is 1.64. The number of ether oxygens (including phenoxy) is 1. The van der Waals surface area contributed by atoms with Crippen molar-refractivity contribution in [3.05, 3.63) is 16.1 Å². The van der Waals surface area contributed by atoms with Crippen LogP contribution in [0.2, 0.25) is 0 Å². The van der Waals surface area contributed by atoms with Crippen LogP contribution in [0.15, 0.2) is 5.51 Å². The highest BCUT2D eigenvalue weighted by molar-refractivity contribution is 7.09. The van der Waals surface area contributed by atoms with Gasteiger partial charge in [0.05, 0.1) is 24.4 Å². The van der Waals surface area contributed by atoms with Crippen molar-refractivity contribution in [3.8, 4) is 0 Å². The first-order valence-corrected chi connectivity index (χ1v) is 5.37. The third kappa shape index (κ3) is 3.32. The summed E-state index contributed by atoms with van der Waals surface area (Å²) in [6.45, 7) is 4.01. The number of hydrogen-bond acceptors (Lipinski definition) is 5. The van der Waals surface area contributed by atoms with Gasteiger partial charge >= 0.3 is 11.9 Å². The van der Waals surface area contributed by atoms with Crippen molar-refractivity contribution in [1.82, 2.24) is 10.3 Å². The van der Waals surface area contributed by atoms with Crippen molar-refractivity contribution in [1.29, 1.82) is 0 Å². The molecule has 0 saturated heterocycles. The number of aryl methyl sites for hydroxylation is 1. The predicted octanol–water partition coefficient (Wildman–Crippen LogP) is 0.631. The minimum atomic E-state index is -0.848. The summed E-state index contributed by atoms with van der Waals surface area (Å²) in [6.07, 6.45) is 0. The van der Waals surface area contributed by atoms with E-state index in [-0.39, 0.29) is 6.61 Å². The lowest BCUT2D eigenvalue weighted by atomic mass is 10.4. The zero-order chi connectivity index (χ0) is 11.3. The lowest BCUT2D eigenvalue weighted by Crippen LogP contribution is -2.31. The van der Waals surface area contributed by atoms with Crippen LogP contribution in [0, 0.1) is 6.92 Å². The number of hydrogen-bond donors (Lipinski definition) is 1. The number of nitrogens with one attached hydrogen (secondary N) is 1. The van der Waals surface area contributed by atoms with Gasteiger partial charge in [0.1, 0.15) is 0 Å². The van der Waals surface area contributed by atoms with Gasteiger partial charge in [-0.15, -0.1) is 11.3 Å². The number of esters is 1. The summed E-state index contributed by atoms with van der Waals surface area (Å²) in [4.78, 5) is 27.0. The monoisotopic (exact) mass is 228 g/mol. The van der Waals surface area contributed by atoms with Gasteiger partial charge in [-0.1, -0.05) is 0 Å². The predicted molar refractivity (Wildman–Crippen MR) is 55.3 cm³/mol. The molecule has 1 rings (SSSR count). The number of aromatic nitrogens is 1. The van der Waals surface area contributed by atoms with Crippen LogP contribution in [0.3, 0.4) is 0 Å². The van der Waals surface area contributed by atoms with E-state index < -0.39 is 11.9 Å². The third-order valence-electron chi connectivity index (χ3n) is 1.72. The highest BCUT2D eigenvalue weighted by atomic mass is 32.1. The van der Waals surface area contributed by atoms with Crippen LogP contribution in [0.5, 0.6) is 0 Å². The maximum Gasteiger partial charge on any atom is 0.396 e. The molecule has 1 aromatic rings. The Labute approximate surface area is 91.5 Å². The van der Waals surface area contributed by atoms with Crippen molar-refractivity contribution in [2.75, 3.05) is 6.61 Å². The molecule has 0 radical (unpaired) electrons. The van der Waals surface area contributed by atoms with E-state index in [1.165, 1.54) is 11.3 Å². The lowest BCUT2D eigenvalue weighted by molar-refractivity contribution is -0.154. The van der Waals surface area contributed by atoms with E-state index in [9.17, 15) is 9.59 Å². The fraction of sp³-hybridized carbons (Fsp3) is 0.444. The third-order valence-corrected chi connectivity index (χ3v) is 2.65. The Morgan fingerprint density at radius 1 is 1.60 bits per heavy atom. The summed E-state index contributed by atoms with van der Waals surface area (Å²) in [5.74, 6) is -1.57. The minimum Gasteiger partial charge on any atom is -0.459 e. The molecule has 1 N–H and O–H groups in total. The molecule has 1 amide bonds. The quantitative estimate of drug-likeness (QED) is 0.608. The Morgan fingerprint density at radius 2 is 2.33 bits per heavy atom. The number of carbonyl (C=O) groups excluding carboxylic acids is 2. The number of nitrogens with zero attached hydrogens (tertiary/aromatic N) is 1. The summed E-state index contributed by atoms with van der Waals surface area (Å²) in [5, 5.41) is 2.47. The van der Waals surface area contributed by atoms with Gasteiger partial charge in [0.2, 0.25) is 0 Å². The summed E-state index contributed by atoms with van der Waals surface area (Å²) in [7, 11) is 0. The zero-order valence-electron chi connectivity index (χ0n) is 8.57. The van der Waals surface area contributed by atoms with Crippen molar-refractivity contribution in [3.63, 3.8) is 0 Å². The van der Waals surface area contributed by atoms with Gasteiger partial charge in [0.15, 0.2) is 0 Å². The van der Waals surface area contributed by atoms with Crippen LogP contribution in [-0.2, 0) is 20.9 Å². The second-order valence-electron chi connectivity index (χ2n) is 2.76. The Hall–Kier alpha value is -1.43. The molecule has 0 aliphatic heterocycles. The molecule has 0 aliphatic rings. The molecule has 0 aromatic carbocycles. The number of thiazole rings is 1. The van der Waals surface area contributed by atoms with Crippen molar-refractivity contribution >= 4 is 23.2 Å². The molecule has 1 heterocycles. The van der Waals surface area contributed by atoms with Gasteiger partial charge in [0, 0.05) is 4.88 Å². The largest absolute Gasteiger partial charge is 0.459 e. The van der Waals surface area contributed by atoms with E-state index in [1.807, 2.05) is 6.92 Å².